The molecule has 3 amide bonds. The molecule has 7 heteroatoms. The highest BCUT2D eigenvalue weighted by Gasteiger charge is 2.25. The second-order valence-corrected chi connectivity index (χ2v) is 2.82. The lowest BCUT2D eigenvalue weighted by Crippen LogP contribution is -2.24. The molecule has 82 valence electrons. The molecule has 16 heavy (non-hydrogen) atoms. The fourth-order valence-corrected chi connectivity index (χ4v) is 0.922. The van der Waals surface area contributed by atoms with Gasteiger partial charge in [-0.1, -0.05) is 6.08 Å². The Hall–Kier alpha value is -2.49. The predicted molar refractivity (Wildman–Crippen MR) is 53.1 cm³/mol. The van der Waals surface area contributed by atoms with Crippen LogP contribution in [0, 0.1) is 11.3 Å². The maximum Gasteiger partial charge on any atom is 0.344 e. The molecule has 1 rings (SSSR count). The van der Waals surface area contributed by atoms with Gasteiger partial charge in [-0.25, -0.2) is 9.80 Å². The topological polar surface area (TPSA) is 103 Å². The lowest BCUT2D eigenvalue weighted by molar-refractivity contribution is -0.118. The van der Waals surface area contributed by atoms with Gasteiger partial charge in [0.25, 0.3) is 0 Å². The van der Waals surface area contributed by atoms with Crippen LogP contribution in [0.3, 0.4) is 0 Å². The van der Waals surface area contributed by atoms with Crippen molar-refractivity contribution in [3.05, 3.63) is 12.2 Å². The number of rotatable bonds is 4. The van der Waals surface area contributed by atoms with Crippen molar-refractivity contribution in [2.24, 2.45) is 5.10 Å². The zero-order chi connectivity index (χ0) is 12.0. The highest BCUT2D eigenvalue weighted by molar-refractivity contribution is 6.32. The summed E-state index contributed by atoms with van der Waals surface area (Å²) in [5.41, 5.74) is 0. The number of hydrogen-bond acceptors (Lipinski definition) is 5. The molecule has 0 saturated carbocycles. The van der Waals surface area contributed by atoms with Gasteiger partial charge >= 0.3 is 6.03 Å². The van der Waals surface area contributed by atoms with E-state index in [9.17, 15) is 14.4 Å². The number of allylic oxidation sites excluding steroid dienone is 2. The van der Waals surface area contributed by atoms with E-state index in [0.29, 0.717) is 0 Å². The minimum absolute atomic E-state index is 0.127. The molecule has 1 saturated heterocycles. The van der Waals surface area contributed by atoms with E-state index in [-0.39, 0.29) is 13.0 Å². The zero-order valence-corrected chi connectivity index (χ0v) is 8.21. The Balaban J connectivity index is 2.48. The lowest BCUT2D eigenvalue weighted by atomic mass is 10.3. The largest absolute Gasteiger partial charge is 0.344 e. The number of urea groups is 1. The normalized spacial score (nSPS) is 15.8. The first kappa shape index (κ1) is 11.6. The number of imide groups is 1. The van der Waals surface area contributed by atoms with Crippen LogP contribution < -0.4 is 5.32 Å². The summed E-state index contributed by atoms with van der Waals surface area (Å²) in [4.78, 5) is 32.8. The predicted octanol–water partition coefficient (Wildman–Crippen LogP) is -0.437. The Kier molecular flexibility index (Phi) is 3.91. The molecule has 1 aliphatic rings. The minimum Gasteiger partial charge on any atom is -0.288 e. The van der Waals surface area contributed by atoms with E-state index >= 15 is 0 Å². The number of nitriles is 1. The third-order valence-corrected chi connectivity index (χ3v) is 1.59. The van der Waals surface area contributed by atoms with Gasteiger partial charge in [0, 0.05) is 0 Å². The number of ketones is 1. The molecule has 0 bridgehead atoms. The second kappa shape index (κ2) is 5.41. The summed E-state index contributed by atoms with van der Waals surface area (Å²) in [6.07, 6.45) is 3.58. The fourth-order valence-electron chi connectivity index (χ4n) is 0.922. The number of nitrogens with zero attached hydrogens (tertiary/aromatic N) is 3. The number of hydrazone groups is 1. The fraction of sp³-hybridized carbons (Fsp3) is 0.222. The van der Waals surface area contributed by atoms with Gasteiger partial charge in [-0.2, -0.15) is 10.4 Å². The molecule has 7 nitrogen and oxygen atoms in total. The van der Waals surface area contributed by atoms with Crippen LogP contribution in [0.25, 0.3) is 0 Å². The number of nitrogens with one attached hydrogen (secondary N) is 1. The number of amides is 3. The maximum atomic E-state index is 11.1. The Bertz CT molecular complexity index is 419. The molecular weight excluding hydrogens is 212 g/mol. The number of carbonyl (C=O) groups is 3. The molecule has 1 heterocycles. The monoisotopic (exact) mass is 220 g/mol. The molecule has 1 fully saturated rings. The van der Waals surface area contributed by atoms with Crippen molar-refractivity contribution in [3.8, 4) is 6.07 Å². The Morgan fingerprint density at radius 2 is 2.38 bits per heavy atom. The summed E-state index contributed by atoms with van der Waals surface area (Å²) in [7, 11) is 0. The molecule has 0 radical (unpaired) electrons. The molecule has 0 aromatic rings. The van der Waals surface area contributed by atoms with Gasteiger partial charge in [-0.05, 0) is 6.08 Å². The number of hydrogen-bond donors (Lipinski definition) is 1. The smallest absolute Gasteiger partial charge is 0.288 e. The van der Waals surface area contributed by atoms with Crippen LogP contribution in [0.5, 0.6) is 0 Å². The summed E-state index contributed by atoms with van der Waals surface area (Å²) in [5, 5.41) is 14.6. The van der Waals surface area contributed by atoms with Crippen molar-refractivity contribution in [1.29, 1.82) is 5.26 Å². The van der Waals surface area contributed by atoms with Gasteiger partial charge < -0.3 is 0 Å². The first-order valence-corrected chi connectivity index (χ1v) is 4.36. The molecule has 1 aliphatic heterocycles. The molecule has 0 unspecified atom stereocenters. The van der Waals surface area contributed by atoms with Gasteiger partial charge in [0.05, 0.1) is 18.7 Å². The standard InChI is InChI=1S/C9H8N4O3/c10-4-2-1-3-7(14)5-11-13-6-8(15)12-9(13)16/h1,3,5H,2,6H2,(H,12,15,16)/b3-1+,11-5+. The van der Waals surface area contributed by atoms with E-state index < -0.39 is 17.7 Å². The van der Waals surface area contributed by atoms with Crippen molar-refractivity contribution in [3.63, 3.8) is 0 Å². The van der Waals surface area contributed by atoms with Crippen LogP contribution in [0.4, 0.5) is 4.79 Å². The third kappa shape index (κ3) is 3.34. The van der Waals surface area contributed by atoms with Crippen LogP contribution in [-0.4, -0.2) is 35.5 Å². The van der Waals surface area contributed by atoms with E-state index in [0.717, 1.165) is 11.2 Å². The van der Waals surface area contributed by atoms with Gasteiger partial charge in [0.15, 0.2) is 5.78 Å². The first-order valence-electron chi connectivity index (χ1n) is 4.36. The molecule has 0 aromatic carbocycles. The van der Waals surface area contributed by atoms with Gasteiger partial charge in [0.2, 0.25) is 5.91 Å². The van der Waals surface area contributed by atoms with E-state index in [1.807, 2.05) is 11.4 Å². The van der Waals surface area contributed by atoms with Gasteiger partial charge in [-0.15, -0.1) is 0 Å². The third-order valence-electron chi connectivity index (χ3n) is 1.59. The Morgan fingerprint density at radius 1 is 1.62 bits per heavy atom. The SMILES string of the molecule is N#CC/C=C/C(=O)/C=N/N1CC(=O)NC1=O. The average Bonchev–Trinajstić information content (AvgIpc) is 2.55. The summed E-state index contributed by atoms with van der Waals surface area (Å²) in [6, 6.07) is 1.17. The first-order chi connectivity index (χ1) is 7.63. The van der Waals surface area contributed by atoms with Crippen molar-refractivity contribution >= 4 is 23.9 Å². The lowest BCUT2D eigenvalue weighted by Gasteiger charge is -2.02. The number of carbonyl (C=O) groups excluding carboxylic acids is 3. The van der Waals surface area contributed by atoms with Crippen molar-refractivity contribution < 1.29 is 14.4 Å². The van der Waals surface area contributed by atoms with Crippen LogP contribution in [0.1, 0.15) is 6.42 Å². The molecule has 1 N–H and O–H groups in total. The molecule has 0 aromatic heterocycles. The van der Waals surface area contributed by atoms with Crippen LogP contribution in [-0.2, 0) is 9.59 Å². The van der Waals surface area contributed by atoms with E-state index in [1.165, 1.54) is 12.2 Å². The highest BCUT2D eigenvalue weighted by atomic mass is 16.2. The molecular formula is C9H8N4O3. The zero-order valence-electron chi connectivity index (χ0n) is 8.21. The second-order valence-electron chi connectivity index (χ2n) is 2.82. The van der Waals surface area contributed by atoms with Crippen molar-refractivity contribution in [2.45, 2.75) is 6.42 Å². The van der Waals surface area contributed by atoms with Crippen LogP contribution >= 0.6 is 0 Å². The van der Waals surface area contributed by atoms with E-state index in [4.69, 9.17) is 5.26 Å². The Labute approximate surface area is 91.0 Å². The minimum atomic E-state index is -0.657. The molecule has 0 spiro atoms. The van der Waals surface area contributed by atoms with E-state index in [1.54, 1.807) is 0 Å². The summed E-state index contributed by atoms with van der Waals surface area (Å²) < 4.78 is 0. The highest BCUT2D eigenvalue weighted by Crippen LogP contribution is 1.97. The van der Waals surface area contributed by atoms with E-state index in [2.05, 4.69) is 5.10 Å². The quantitative estimate of drug-likeness (QED) is 0.394. The van der Waals surface area contributed by atoms with Crippen LogP contribution in [0.15, 0.2) is 17.3 Å². The van der Waals surface area contributed by atoms with Crippen molar-refractivity contribution in [2.75, 3.05) is 6.54 Å². The molecule has 0 aliphatic carbocycles. The van der Waals surface area contributed by atoms with Crippen LogP contribution in [0.2, 0.25) is 0 Å². The van der Waals surface area contributed by atoms with Gasteiger partial charge in [-0.3, -0.25) is 14.9 Å². The summed E-state index contributed by atoms with van der Waals surface area (Å²) in [6.45, 7) is -0.190. The summed E-state index contributed by atoms with van der Waals surface area (Å²) >= 11 is 0. The van der Waals surface area contributed by atoms with Gasteiger partial charge in [0.1, 0.15) is 6.54 Å². The summed E-state index contributed by atoms with van der Waals surface area (Å²) in [5.74, 6) is -0.919. The molecule has 0 atom stereocenters. The maximum absolute atomic E-state index is 11.1. The Morgan fingerprint density at radius 3 is 2.94 bits per heavy atom. The average molecular weight is 220 g/mol. The van der Waals surface area contributed by atoms with Crippen molar-refractivity contribution in [1.82, 2.24) is 10.3 Å².